The van der Waals surface area contributed by atoms with Crippen LogP contribution in [0.5, 0.6) is 0 Å². The molecule has 3 nitrogen and oxygen atoms in total. The lowest BCUT2D eigenvalue weighted by Crippen LogP contribution is -2.32. The average Bonchev–Trinajstić information content (AvgIpc) is 2.53. The summed E-state index contributed by atoms with van der Waals surface area (Å²) in [4.78, 5) is 0.266. The van der Waals surface area contributed by atoms with E-state index in [0.29, 0.717) is 0 Å². The van der Waals surface area contributed by atoms with Gasteiger partial charge in [0.2, 0.25) is 10.0 Å². The maximum absolute atomic E-state index is 12.5. The van der Waals surface area contributed by atoms with Gasteiger partial charge < -0.3 is 0 Å². The Morgan fingerprint density at radius 1 is 1.00 bits per heavy atom. The molecule has 0 aliphatic rings. The van der Waals surface area contributed by atoms with E-state index in [9.17, 15) is 8.42 Å². The Balaban J connectivity index is 2.34. The highest BCUT2D eigenvalue weighted by molar-refractivity contribution is 7.89. The Morgan fingerprint density at radius 2 is 1.52 bits per heavy atom. The molecule has 4 heteroatoms. The van der Waals surface area contributed by atoms with Crippen molar-refractivity contribution >= 4 is 10.0 Å². The first kappa shape index (κ1) is 15.5. The van der Waals surface area contributed by atoms with Gasteiger partial charge in [-0.3, -0.25) is 0 Å². The number of hydrogen-bond acceptors (Lipinski definition) is 2. The molecule has 110 valence electrons. The van der Waals surface area contributed by atoms with Crippen molar-refractivity contribution in [2.45, 2.75) is 17.9 Å². The third-order valence-electron chi connectivity index (χ3n) is 3.39. The Hall–Kier alpha value is -1.91. The highest BCUT2D eigenvalue weighted by Gasteiger charge is 2.24. The average molecular weight is 301 g/mol. The molecule has 2 aromatic carbocycles. The molecule has 0 heterocycles. The number of hydrogen-bond donors (Lipinski definition) is 1. The van der Waals surface area contributed by atoms with Gasteiger partial charge in [-0.2, -0.15) is 0 Å². The smallest absolute Gasteiger partial charge is 0.207 e. The summed E-state index contributed by atoms with van der Waals surface area (Å²) in [6.45, 7) is 5.72. The first-order valence-electron chi connectivity index (χ1n) is 6.79. The molecule has 0 saturated heterocycles. The van der Waals surface area contributed by atoms with E-state index >= 15 is 0 Å². The van der Waals surface area contributed by atoms with E-state index in [4.69, 9.17) is 0 Å². The molecule has 0 saturated carbocycles. The van der Waals surface area contributed by atoms with E-state index in [0.717, 1.165) is 5.56 Å². The molecular weight excluding hydrogens is 282 g/mol. The molecule has 0 fully saturated rings. The number of sulfonamides is 1. The Bertz CT molecular complexity index is 681. The molecule has 21 heavy (non-hydrogen) atoms. The van der Waals surface area contributed by atoms with Crippen molar-refractivity contribution in [2.24, 2.45) is 5.92 Å². The Morgan fingerprint density at radius 3 is 2.05 bits per heavy atom. The SMILES string of the molecule is C=C[C@@H](C)[C@H](NS(=O)(=O)c1ccccc1)c1ccccc1. The molecule has 0 aliphatic heterocycles. The van der Waals surface area contributed by atoms with Crippen LogP contribution < -0.4 is 4.72 Å². The molecular formula is C17H19NO2S. The molecule has 0 aromatic heterocycles. The maximum atomic E-state index is 12.5. The molecule has 1 N–H and O–H groups in total. The van der Waals surface area contributed by atoms with Gasteiger partial charge in [-0.1, -0.05) is 61.5 Å². The van der Waals surface area contributed by atoms with Crippen molar-refractivity contribution in [1.82, 2.24) is 4.72 Å². The standard InChI is InChI=1S/C17H19NO2S/c1-3-14(2)17(15-10-6-4-7-11-15)18-21(19,20)16-12-8-5-9-13-16/h3-14,17-18H,1H2,2H3/t14-,17+/m1/s1. The largest absolute Gasteiger partial charge is 0.241 e. The van der Waals surface area contributed by atoms with Gasteiger partial charge in [0.15, 0.2) is 0 Å². The van der Waals surface area contributed by atoms with E-state index in [-0.39, 0.29) is 16.9 Å². The fourth-order valence-electron chi connectivity index (χ4n) is 2.11. The number of rotatable bonds is 6. The fraction of sp³-hybridized carbons (Fsp3) is 0.176. The van der Waals surface area contributed by atoms with Crippen molar-refractivity contribution in [1.29, 1.82) is 0 Å². The summed E-state index contributed by atoms with van der Waals surface area (Å²) < 4.78 is 27.8. The highest BCUT2D eigenvalue weighted by atomic mass is 32.2. The quantitative estimate of drug-likeness (QED) is 0.830. The first-order valence-corrected chi connectivity index (χ1v) is 8.28. The van der Waals surface area contributed by atoms with E-state index in [1.807, 2.05) is 37.3 Å². The third kappa shape index (κ3) is 3.80. The van der Waals surface area contributed by atoms with Crippen LogP contribution in [0.25, 0.3) is 0 Å². The van der Waals surface area contributed by atoms with E-state index in [2.05, 4.69) is 11.3 Å². The normalized spacial score (nSPS) is 14.3. The van der Waals surface area contributed by atoms with E-state index in [1.54, 1.807) is 36.4 Å². The molecule has 0 bridgehead atoms. The van der Waals surface area contributed by atoms with Crippen molar-refractivity contribution < 1.29 is 8.42 Å². The number of nitrogens with one attached hydrogen (secondary N) is 1. The summed E-state index contributed by atoms with van der Waals surface area (Å²) >= 11 is 0. The van der Waals surface area contributed by atoms with Gasteiger partial charge in [-0.15, -0.1) is 6.58 Å². The minimum atomic E-state index is -3.56. The van der Waals surface area contributed by atoms with Crippen molar-refractivity contribution in [3.63, 3.8) is 0 Å². The van der Waals surface area contributed by atoms with Crippen LogP contribution in [-0.2, 0) is 10.0 Å². The summed E-state index contributed by atoms with van der Waals surface area (Å²) in [5.74, 6) is -0.0223. The van der Waals surface area contributed by atoms with Crippen LogP contribution in [-0.4, -0.2) is 8.42 Å². The zero-order valence-electron chi connectivity index (χ0n) is 11.9. The monoisotopic (exact) mass is 301 g/mol. The zero-order chi connectivity index (χ0) is 15.3. The van der Waals surface area contributed by atoms with Crippen LogP contribution in [0.1, 0.15) is 18.5 Å². The topological polar surface area (TPSA) is 46.2 Å². The van der Waals surface area contributed by atoms with E-state index < -0.39 is 10.0 Å². The van der Waals surface area contributed by atoms with Crippen LogP contribution in [0.15, 0.2) is 78.2 Å². The second-order valence-electron chi connectivity index (χ2n) is 4.92. The third-order valence-corrected chi connectivity index (χ3v) is 4.85. The molecule has 0 radical (unpaired) electrons. The van der Waals surface area contributed by atoms with Gasteiger partial charge in [0.25, 0.3) is 0 Å². The minimum Gasteiger partial charge on any atom is -0.207 e. The van der Waals surface area contributed by atoms with Crippen LogP contribution in [0, 0.1) is 5.92 Å². The fourth-order valence-corrected chi connectivity index (χ4v) is 3.45. The van der Waals surface area contributed by atoms with Gasteiger partial charge in [-0.05, 0) is 23.6 Å². The summed E-state index contributed by atoms with van der Waals surface area (Å²) in [5, 5.41) is 0. The van der Waals surface area contributed by atoms with Gasteiger partial charge in [-0.25, -0.2) is 13.1 Å². The minimum absolute atomic E-state index is 0.0223. The molecule has 2 atom stereocenters. The van der Waals surface area contributed by atoms with Gasteiger partial charge in [0, 0.05) is 0 Å². The van der Waals surface area contributed by atoms with Crippen molar-refractivity contribution in [2.75, 3.05) is 0 Å². The van der Waals surface area contributed by atoms with Crippen molar-refractivity contribution in [3.8, 4) is 0 Å². The Kier molecular flexibility index (Phi) is 4.94. The zero-order valence-corrected chi connectivity index (χ0v) is 12.8. The van der Waals surface area contributed by atoms with E-state index in [1.165, 1.54) is 0 Å². The van der Waals surface area contributed by atoms with Gasteiger partial charge in [0.1, 0.15) is 0 Å². The summed E-state index contributed by atoms with van der Waals surface area (Å²) in [7, 11) is -3.56. The van der Waals surface area contributed by atoms with Gasteiger partial charge in [0.05, 0.1) is 10.9 Å². The Labute approximate surface area is 126 Å². The van der Waals surface area contributed by atoms with Crippen LogP contribution in [0.2, 0.25) is 0 Å². The van der Waals surface area contributed by atoms with Gasteiger partial charge >= 0.3 is 0 Å². The second-order valence-corrected chi connectivity index (χ2v) is 6.63. The molecule has 0 unspecified atom stereocenters. The lowest BCUT2D eigenvalue weighted by Gasteiger charge is -2.23. The summed E-state index contributed by atoms with van der Waals surface area (Å²) in [6.07, 6.45) is 1.76. The van der Waals surface area contributed by atoms with Crippen LogP contribution in [0.4, 0.5) is 0 Å². The molecule has 2 rings (SSSR count). The lowest BCUT2D eigenvalue weighted by atomic mass is 9.96. The molecule has 0 amide bonds. The second kappa shape index (κ2) is 6.70. The predicted molar refractivity (Wildman–Crippen MR) is 85.3 cm³/mol. The summed E-state index contributed by atoms with van der Waals surface area (Å²) in [5.41, 5.74) is 0.921. The van der Waals surface area contributed by atoms with Crippen molar-refractivity contribution in [3.05, 3.63) is 78.9 Å². The highest BCUT2D eigenvalue weighted by Crippen LogP contribution is 2.25. The van der Waals surface area contributed by atoms with Crippen LogP contribution >= 0.6 is 0 Å². The predicted octanol–water partition coefficient (Wildman–Crippen LogP) is 3.53. The first-order chi connectivity index (χ1) is 10.0. The molecule has 2 aromatic rings. The summed E-state index contributed by atoms with van der Waals surface area (Å²) in [6, 6.07) is 17.6. The lowest BCUT2D eigenvalue weighted by molar-refractivity contribution is 0.498. The maximum Gasteiger partial charge on any atom is 0.241 e. The van der Waals surface area contributed by atoms with Crippen LogP contribution in [0.3, 0.4) is 0 Å². The number of benzene rings is 2. The molecule has 0 spiro atoms. The molecule has 0 aliphatic carbocycles.